The highest BCUT2D eigenvalue weighted by Gasteiger charge is 2.75. The number of hydrogen-bond donors (Lipinski definition) is 1. The SMILES string of the molecule is CCC12C=CCN3CCC4(c5ccc(OC)cc5N(C)C4C(O)(C(=O)OC)C1)C32. The zero-order valence-electron chi connectivity index (χ0n) is 17.6. The Morgan fingerprint density at radius 2 is 2.10 bits per heavy atom. The summed E-state index contributed by atoms with van der Waals surface area (Å²) in [7, 11) is 5.03. The van der Waals surface area contributed by atoms with Gasteiger partial charge in [-0.2, -0.15) is 0 Å². The number of esters is 1. The highest BCUT2D eigenvalue weighted by Crippen LogP contribution is 2.66. The van der Waals surface area contributed by atoms with Gasteiger partial charge in [0, 0.05) is 42.2 Å². The summed E-state index contributed by atoms with van der Waals surface area (Å²) in [5.41, 5.74) is 0.0721. The van der Waals surface area contributed by atoms with Crippen molar-refractivity contribution in [2.45, 2.75) is 49.3 Å². The van der Waals surface area contributed by atoms with Crippen LogP contribution in [0.25, 0.3) is 0 Å². The summed E-state index contributed by atoms with van der Waals surface area (Å²) < 4.78 is 10.7. The largest absolute Gasteiger partial charge is 0.497 e. The lowest BCUT2D eigenvalue weighted by molar-refractivity contribution is -0.181. The van der Waals surface area contributed by atoms with Crippen LogP contribution >= 0.6 is 0 Å². The van der Waals surface area contributed by atoms with E-state index in [0.29, 0.717) is 6.42 Å². The van der Waals surface area contributed by atoms with Crippen LogP contribution in [0, 0.1) is 5.41 Å². The lowest BCUT2D eigenvalue weighted by Gasteiger charge is -2.60. The van der Waals surface area contributed by atoms with Crippen molar-refractivity contribution in [1.82, 2.24) is 4.90 Å². The van der Waals surface area contributed by atoms with Gasteiger partial charge in [0.25, 0.3) is 0 Å². The molecule has 5 rings (SSSR count). The zero-order valence-corrected chi connectivity index (χ0v) is 17.6. The van der Waals surface area contributed by atoms with Crippen molar-refractivity contribution >= 4 is 11.7 Å². The van der Waals surface area contributed by atoms with Gasteiger partial charge >= 0.3 is 5.97 Å². The van der Waals surface area contributed by atoms with Crippen LogP contribution in [0.15, 0.2) is 30.4 Å². The van der Waals surface area contributed by atoms with E-state index in [9.17, 15) is 9.90 Å². The van der Waals surface area contributed by atoms with Crippen molar-refractivity contribution in [2.24, 2.45) is 5.41 Å². The predicted octanol–water partition coefficient (Wildman–Crippen LogP) is 2.10. The van der Waals surface area contributed by atoms with E-state index in [1.807, 2.05) is 19.2 Å². The van der Waals surface area contributed by atoms with Crippen molar-refractivity contribution in [3.8, 4) is 5.75 Å². The molecular weight excluding hydrogens is 368 g/mol. The van der Waals surface area contributed by atoms with Gasteiger partial charge in [0.2, 0.25) is 0 Å². The van der Waals surface area contributed by atoms with Crippen LogP contribution in [0.3, 0.4) is 0 Å². The molecular formula is C23H30N2O4. The lowest BCUT2D eigenvalue weighted by Crippen LogP contribution is -2.74. The van der Waals surface area contributed by atoms with Gasteiger partial charge in [0.1, 0.15) is 5.75 Å². The van der Waals surface area contributed by atoms with Gasteiger partial charge in [-0.3, -0.25) is 4.90 Å². The first kappa shape index (κ1) is 18.9. The number of carbonyl (C=O) groups is 1. The molecule has 2 fully saturated rings. The Hall–Kier alpha value is -2.05. The summed E-state index contributed by atoms with van der Waals surface area (Å²) in [4.78, 5) is 17.8. The second kappa shape index (κ2) is 5.99. The second-order valence-electron chi connectivity index (χ2n) is 9.17. The molecule has 3 aliphatic heterocycles. The van der Waals surface area contributed by atoms with Gasteiger partial charge in [-0.1, -0.05) is 25.1 Å². The fourth-order valence-electron chi connectivity index (χ4n) is 7.33. The molecule has 5 atom stereocenters. The number of aliphatic hydroxyl groups is 1. The topological polar surface area (TPSA) is 62.2 Å². The first-order valence-corrected chi connectivity index (χ1v) is 10.5. The molecule has 0 radical (unpaired) electrons. The smallest absolute Gasteiger partial charge is 0.340 e. The van der Waals surface area contributed by atoms with Crippen molar-refractivity contribution < 1.29 is 19.4 Å². The van der Waals surface area contributed by atoms with Crippen molar-refractivity contribution in [2.75, 3.05) is 39.3 Å². The molecule has 6 heteroatoms. The zero-order chi connectivity index (χ0) is 20.6. The van der Waals surface area contributed by atoms with E-state index < -0.39 is 11.6 Å². The third-order valence-electron chi connectivity index (χ3n) is 8.21. The number of nitrogens with zero attached hydrogens (tertiary/aromatic N) is 2. The summed E-state index contributed by atoms with van der Waals surface area (Å²) in [6.07, 6.45) is 6.64. The summed E-state index contributed by atoms with van der Waals surface area (Å²) in [5, 5.41) is 12.0. The van der Waals surface area contributed by atoms with E-state index in [1.165, 1.54) is 12.7 Å². The molecule has 1 saturated carbocycles. The monoisotopic (exact) mass is 398 g/mol. The summed E-state index contributed by atoms with van der Waals surface area (Å²) in [5.74, 6) is 0.254. The average molecular weight is 399 g/mol. The number of carbonyl (C=O) groups excluding carboxylic acids is 1. The molecule has 1 saturated heterocycles. The molecule has 1 aromatic rings. The minimum absolute atomic E-state index is 0.247. The Morgan fingerprint density at radius 1 is 1.31 bits per heavy atom. The lowest BCUT2D eigenvalue weighted by atomic mass is 9.49. The molecule has 0 aromatic heterocycles. The molecule has 29 heavy (non-hydrogen) atoms. The summed E-state index contributed by atoms with van der Waals surface area (Å²) in [6, 6.07) is 6.07. The maximum absolute atomic E-state index is 13.1. The number of rotatable bonds is 3. The number of likely N-dealkylation sites (N-methyl/N-ethyl adjacent to an activating group) is 1. The molecule has 5 unspecified atom stereocenters. The fourth-order valence-corrected chi connectivity index (χ4v) is 7.33. The third kappa shape index (κ3) is 2.06. The quantitative estimate of drug-likeness (QED) is 0.622. The van der Waals surface area contributed by atoms with Crippen LogP contribution in [0.1, 0.15) is 31.7 Å². The number of benzene rings is 1. The number of anilines is 1. The first-order chi connectivity index (χ1) is 13.9. The summed E-state index contributed by atoms with van der Waals surface area (Å²) in [6.45, 7) is 4.06. The molecule has 1 aliphatic carbocycles. The minimum Gasteiger partial charge on any atom is -0.497 e. The molecule has 156 valence electrons. The number of fused-ring (bicyclic) bond motifs is 1. The van der Waals surface area contributed by atoms with E-state index in [-0.39, 0.29) is 22.9 Å². The molecule has 6 nitrogen and oxygen atoms in total. The Bertz CT molecular complexity index is 901. The van der Waals surface area contributed by atoms with Crippen LogP contribution in [0.2, 0.25) is 0 Å². The van der Waals surface area contributed by atoms with Gasteiger partial charge in [-0.05, 0) is 37.4 Å². The Labute approximate surface area is 172 Å². The Morgan fingerprint density at radius 3 is 2.79 bits per heavy atom. The van der Waals surface area contributed by atoms with Crippen LogP contribution in [0.5, 0.6) is 5.75 Å². The number of hydrogen-bond acceptors (Lipinski definition) is 6. The van der Waals surface area contributed by atoms with E-state index in [0.717, 1.165) is 37.4 Å². The summed E-state index contributed by atoms with van der Waals surface area (Å²) >= 11 is 0. The van der Waals surface area contributed by atoms with E-state index in [1.54, 1.807) is 7.11 Å². The normalized spacial score (nSPS) is 39.7. The molecule has 3 heterocycles. The molecule has 0 bridgehead atoms. The number of ether oxygens (including phenoxy) is 2. The average Bonchev–Trinajstić information content (AvgIpc) is 3.25. The highest BCUT2D eigenvalue weighted by molar-refractivity contribution is 5.85. The molecule has 4 aliphatic rings. The number of methoxy groups -OCH3 is 2. The first-order valence-electron chi connectivity index (χ1n) is 10.5. The fraction of sp³-hybridized carbons (Fsp3) is 0.609. The van der Waals surface area contributed by atoms with Crippen LogP contribution in [0.4, 0.5) is 5.69 Å². The van der Waals surface area contributed by atoms with Crippen LogP contribution < -0.4 is 9.64 Å². The Balaban J connectivity index is 1.81. The minimum atomic E-state index is -1.58. The maximum Gasteiger partial charge on any atom is 0.340 e. The van der Waals surface area contributed by atoms with E-state index in [4.69, 9.17) is 9.47 Å². The van der Waals surface area contributed by atoms with Crippen molar-refractivity contribution in [3.05, 3.63) is 35.9 Å². The molecule has 1 N–H and O–H groups in total. The standard InChI is InChI=1S/C23H30N2O4/c1-5-21-9-6-11-25-12-10-22(18(21)25)16-8-7-15(28-3)13-17(16)24(2)19(22)23(27,14-21)20(26)29-4/h6-9,13,18-19,27H,5,10-12,14H2,1-4H3. The Kier molecular flexibility index (Phi) is 3.91. The predicted molar refractivity (Wildman–Crippen MR) is 110 cm³/mol. The van der Waals surface area contributed by atoms with Crippen LogP contribution in [-0.4, -0.2) is 68.0 Å². The van der Waals surface area contributed by atoms with Gasteiger partial charge in [0.15, 0.2) is 5.60 Å². The van der Waals surface area contributed by atoms with Crippen LogP contribution in [-0.2, 0) is 14.9 Å². The molecule has 1 spiro atoms. The highest BCUT2D eigenvalue weighted by atomic mass is 16.5. The second-order valence-corrected chi connectivity index (χ2v) is 9.17. The maximum atomic E-state index is 13.1. The van der Waals surface area contributed by atoms with Gasteiger partial charge in [-0.25, -0.2) is 4.79 Å². The van der Waals surface area contributed by atoms with E-state index in [2.05, 4.69) is 34.9 Å². The molecule has 1 aromatic carbocycles. The van der Waals surface area contributed by atoms with Gasteiger partial charge in [-0.15, -0.1) is 0 Å². The van der Waals surface area contributed by atoms with Gasteiger partial charge < -0.3 is 19.5 Å². The van der Waals surface area contributed by atoms with Gasteiger partial charge in [0.05, 0.1) is 20.3 Å². The van der Waals surface area contributed by atoms with Crippen molar-refractivity contribution in [1.29, 1.82) is 0 Å². The third-order valence-corrected chi connectivity index (χ3v) is 8.21. The van der Waals surface area contributed by atoms with Crippen molar-refractivity contribution in [3.63, 3.8) is 0 Å². The molecule has 0 amide bonds. The van der Waals surface area contributed by atoms with E-state index >= 15 is 0 Å².